The summed E-state index contributed by atoms with van der Waals surface area (Å²) in [6.07, 6.45) is 4.14. The lowest BCUT2D eigenvalue weighted by molar-refractivity contribution is -0.136. The molecular formula is C22H26N4O4. The maximum absolute atomic E-state index is 12.9. The van der Waals surface area contributed by atoms with E-state index in [0.29, 0.717) is 29.6 Å². The summed E-state index contributed by atoms with van der Waals surface area (Å²) in [4.78, 5) is 50.2. The monoisotopic (exact) mass is 410 g/mol. The van der Waals surface area contributed by atoms with Gasteiger partial charge in [-0.25, -0.2) is 0 Å². The van der Waals surface area contributed by atoms with Crippen LogP contribution in [0.3, 0.4) is 0 Å². The van der Waals surface area contributed by atoms with Gasteiger partial charge in [0.2, 0.25) is 11.8 Å². The first-order valence-corrected chi connectivity index (χ1v) is 10.8. The van der Waals surface area contributed by atoms with Crippen LogP contribution in [0.15, 0.2) is 18.2 Å². The Morgan fingerprint density at radius 3 is 2.67 bits per heavy atom. The molecule has 1 aromatic carbocycles. The molecule has 2 saturated heterocycles. The van der Waals surface area contributed by atoms with Gasteiger partial charge in [0.25, 0.3) is 11.8 Å². The van der Waals surface area contributed by atoms with Crippen molar-refractivity contribution in [3.8, 4) is 0 Å². The summed E-state index contributed by atoms with van der Waals surface area (Å²) >= 11 is 0. The van der Waals surface area contributed by atoms with Crippen molar-refractivity contribution < 1.29 is 19.2 Å². The minimum atomic E-state index is -0.925. The van der Waals surface area contributed by atoms with E-state index in [4.69, 9.17) is 0 Å². The summed E-state index contributed by atoms with van der Waals surface area (Å²) in [6, 6.07) is 4.97. The molecule has 0 aromatic heterocycles. The number of amides is 4. The molecule has 5 rings (SSSR count). The zero-order chi connectivity index (χ0) is 20.8. The normalized spacial score (nSPS) is 30.6. The molecule has 8 heteroatoms. The SMILES string of the molecule is O=C1CCC(N2C(=O)c3ccc(CNCC4C5CCCC4NC5)cc3C2=O)C(=O)N1. The van der Waals surface area contributed by atoms with Crippen LogP contribution in [0, 0.1) is 11.8 Å². The predicted octanol–water partition coefficient (Wildman–Crippen LogP) is 0.566. The van der Waals surface area contributed by atoms with Gasteiger partial charge in [-0.2, -0.15) is 0 Å². The number of imide groups is 2. The highest BCUT2D eigenvalue weighted by molar-refractivity contribution is 6.23. The van der Waals surface area contributed by atoms with Gasteiger partial charge < -0.3 is 10.6 Å². The van der Waals surface area contributed by atoms with Crippen LogP contribution in [0.2, 0.25) is 0 Å². The van der Waals surface area contributed by atoms with E-state index in [2.05, 4.69) is 16.0 Å². The van der Waals surface area contributed by atoms with Crippen LogP contribution in [-0.4, -0.2) is 53.7 Å². The molecule has 158 valence electrons. The molecule has 3 heterocycles. The Morgan fingerprint density at radius 1 is 1.03 bits per heavy atom. The van der Waals surface area contributed by atoms with Crippen LogP contribution >= 0.6 is 0 Å². The summed E-state index contributed by atoms with van der Waals surface area (Å²) in [5, 5.41) is 9.37. The third kappa shape index (κ3) is 3.24. The second-order valence-corrected chi connectivity index (χ2v) is 8.83. The Hall–Kier alpha value is -2.58. The van der Waals surface area contributed by atoms with Gasteiger partial charge in [0.1, 0.15) is 6.04 Å². The molecule has 3 fully saturated rings. The number of fused-ring (bicyclic) bond motifs is 3. The Morgan fingerprint density at radius 2 is 1.87 bits per heavy atom. The van der Waals surface area contributed by atoms with E-state index < -0.39 is 23.8 Å². The van der Waals surface area contributed by atoms with Crippen LogP contribution in [-0.2, 0) is 16.1 Å². The highest BCUT2D eigenvalue weighted by Crippen LogP contribution is 2.34. The van der Waals surface area contributed by atoms with Crippen LogP contribution in [0.4, 0.5) is 0 Å². The Balaban J connectivity index is 1.26. The fourth-order valence-corrected chi connectivity index (χ4v) is 5.49. The van der Waals surface area contributed by atoms with Crippen LogP contribution in [0.1, 0.15) is 58.4 Å². The van der Waals surface area contributed by atoms with Gasteiger partial charge in [0.15, 0.2) is 0 Å². The van der Waals surface area contributed by atoms with Gasteiger partial charge in [0.05, 0.1) is 11.1 Å². The molecule has 4 atom stereocenters. The minimum absolute atomic E-state index is 0.122. The van der Waals surface area contributed by atoms with E-state index in [1.807, 2.05) is 6.07 Å². The van der Waals surface area contributed by atoms with Crippen molar-refractivity contribution in [3.05, 3.63) is 34.9 Å². The summed E-state index contributed by atoms with van der Waals surface area (Å²) in [5.41, 5.74) is 1.60. The average Bonchev–Trinajstić information content (AvgIpc) is 3.09. The maximum atomic E-state index is 12.9. The van der Waals surface area contributed by atoms with E-state index in [1.165, 1.54) is 19.3 Å². The van der Waals surface area contributed by atoms with E-state index in [0.717, 1.165) is 29.5 Å². The van der Waals surface area contributed by atoms with Crippen molar-refractivity contribution in [2.24, 2.45) is 11.8 Å². The third-order valence-electron chi connectivity index (χ3n) is 7.07. The molecule has 4 aliphatic rings. The zero-order valence-electron chi connectivity index (χ0n) is 16.8. The molecule has 30 heavy (non-hydrogen) atoms. The molecule has 1 aromatic rings. The zero-order valence-corrected chi connectivity index (χ0v) is 16.8. The van der Waals surface area contributed by atoms with Crippen molar-refractivity contribution in [1.29, 1.82) is 0 Å². The number of carbonyl (C=O) groups excluding carboxylic acids is 4. The van der Waals surface area contributed by atoms with E-state index in [-0.39, 0.29) is 18.7 Å². The highest BCUT2D eigenvalue weighted by Gasteiger charge is 2.44. The molecule has 8 nitrogen and oxygen atoms in total. The Labute approximate surface area is 174 Å². The highest BCUT2D eigenvalue weighted by atomic mass is 16.2. The summed E-state index contributed by atoms with van der Waals surface area (Å²) in [7, 11) is 0. The molecule has 0 spiro atoms. The summed E-state index contributed by atoms with van der Waals surface area (Å²) in [6.45, 7) is 2.68. The maximum Gasteiger partial charge on any atom is 0.262 e. The molecule has 0 radical (unpaired) electrons. The quantitative estimate of drug-likeness (QED) is 0.613. The second-order valence-electron chi connectivity index (χ2n) is 8.83. The number of piperidine rings is 1. The van der Waals surface area contributed by atoms with Crippen LogP contribution < -0.4 is 16.0 Å². The first-order valence-electron chi connectivity index (χ1n) is 10.8. The largest absolute Gasteiger partial charge is 0.313 e. The van der Waals surface area contributed by atoms with E-state index >= 15 is 0 Å². The first kappa shape index (κ1) is 19.4. The van der Waals surface area contributed by atoms with Gasteiger partial charge in [-0.3, -0.25) is 29.4 Å². The van der Waals surface area contributed by atoms with Crippen molar-refractivity contribution in [1.82, 2.24) is 20.9 Å². The molecule has 1 saturated carbocycles. The number of nitrogens with one attached hydrogen (secondary N) is 3. The third-order valence-corrected chi connectivity index (χ3v) is 7.07. The molecule has 4 amide bonds. The molecule has 4 unspecified atom stereocenters. The fraction of sp³-hybridized carbons (Fsp3) is 0.545. The number of carbonyl (C=O) groups is 4. The molecular weight excluding hydrogens is 384 g/mol. The lowest BCUT2D eigenvalue weighted by Gasteiger charge is -2.29. The lowest BCUT2D eigenvalue weighted by atomic mass is 9.80. The topological polar surface area (TPSA) is 108 Å². The molecule has 3 N–H and O–H groups in total. The van der Waals surface area contributed by atoms with Gasteiger partial charge >= 0.3 is 0 Å². The first-order chi connectivity index (χ1) is 14.5. The summed E-state index contributed by atoms with van der Waals surface area (Å²) in [5.74, 6) is -0.479. The van der Waals surface area contributed by atoms with Crippen molar-refractivity contribution in [2.75, 3.05) is 13.1 Å². The number of benzene rings is 1. The standard InChI is InChI=1S/C22H26N4O4/c27-19-7-6-18(20(28)25-19)26-21(29)14-5-4-12(8-15(14)22(26)30)9-23-11-16-13-2-1-3-17(16)24-10-13/h4-5,8,13,16-18,23-24H,1-3,6-7,9-11H2,(H,25,27,28). The Bertz CT molecular complexity index is 914. The van der Waals surface area contributed by atoms with Crippen molar-refractivity contribution >= 4 is 23.6 Å². The number of hydrogen-bond acceptors (Lipinski definition) is 6. The van der Waals surface area contributed by atoms with E-state index in [9.17, 15) is 19.2 Å². The second kappa shape index (κ2) is 7.59. The molecule has 3 aliphatic heterocycles. The predicted molar refractivity (Wildman–Crippen MR) is 107 cm³/mol. The van der Waals surface area contributed by atoms with Crippen LogP contribution in [0.5, 0.6) is 0 Å². The van der Waals surface area contributed by atoms with Gasteiger partial charge in [-0.05, 0) is 55.3 Å². The van der Waals surface area contributed by atoms with Crippen molar-refractivity contribution in [2.45, 2.75) is 50.7 Å². The minimum Gasteiger partial charge on any atom is -0.313 e. The van der Waals surface area contributed by atoms with Crippen LogP contribution in [0.25, 0.3) is 0 Å². The van der Waals surface area contributed by atoms with E-state index in [1.54, 1.807) is 12.1 Å². The van der Waals surface area contributed by atoms with Gasteiger partial charge in [0, 0.05) is 25.6 Å². The van der Waals surface area contributed by atoms with Gasteiger partial charge in [-0.1, -0.05) is 12.5 Å². The molecule has 2 bridgehead atoms. The fourth-order valence-electron chi connectivity index (χ4n) is 5.49. The smallest absolute Gasteiger partial charge is 0.262 e. The average molecular weight is 410 g/mol. The number of nitrogens with zero attached hydrogens (tertiary/aromatic N) is 1. The summed E-state index contributed by atoms with van der Waals surface area (Å²) < 4.78 is 0. The molecule has 1 aliphatic carbocycles. The number of hydrogen-bond donors (Lipinski definition) is 3. The van der Waals surface area contributed by atoms with Gasteiger partial charge in [-0.15, -0.1) is 0 Å². The van der Waals surface area contributed by atoms with Crippen molar-refractivity contribution in [3.63, 3.8) is 0 Å². The number of rotatable bonds is 5. The lowest BCUT2D eigenvalue weighted by Crippen LogP contribution is -2.54. The Kier molecular flexibility index (Phi) is 4.91.